The molecule has 0 saturated carbocycles. The number of benzene rings is 2. The first kappa shape index (κ1) is 22.6. The minimum absolute atomic E-state index is 0.00128. The van der Waals surface area contributed by atoms with Gasteiger partial charge in [0.15, 0.2) is 15.0 Å². The Morgan fingerprint density at radius 3 is 2.25 bits per heavy atom. The number of sulfone groups is 1. The average Bonchev–Trinajstić information content (AvgIpc) is 3.24. The van der Waals surface area contributed by atoms with Gasteiger partial charge < -0.3 is 9.64 Å². The number of aromatic nitrogens is 1. The Morgan fingerprint density at radius 2 is 1.66 bits per heavy atom. The number of anilines is 1. The summed E-state index contributed by atoms with van der Waals surface area (Å²) >= 11 is 1.53. The quantitative estimate of drug-likeness (QED) is 0.483. The van der Waals surface area contributed by atoms with Gasteiger partial charge in [0.05, 0.1) is 15.8 Å². The standard InChI is InChI=1S/C22H21F3N2O3S2/c1-15-2-4-16(5-3-15)20-14-31-21(26-20)27-12-10-19(11-13-27)32(28,29)18-8-6-17(7-9-18)30-22(23,24)25/h2-9,14,19H,10-13H2,1H3. The molecule has 0 N–H and O–H groups in total. The molecule has 0 atom stereocenters. The summed E-state index contributed by atoms with van der Waals surface area (Å²) in [6.45, 7) is 3.11. The van der Waals surface area contributed by atoms with Crippen molar-refractivity contribution in [1.82, 2.24) is 4.98 Å². The van der Waals surface area contributed by atoms with E-state index in [9.17, 15) is 21.6 Å². The van der Waals surface area contributed by atoms with E-state index < -0.39 is 27.2 Å². The van der Waals surface area contributed by atoms with Crippen molar-refractivity contribution in [3.8, 4) is 17.0 Å². The molecule has 0 spiro atoms. The van der Waals surface area contributed by atoms with Crippen molar-refractivity contribution in [3.05, 3.63) is 59.5 Å². The van der Waals surface area contributed by atoms with E-state index in [4.69, 9.17) is 4.98 Å². The van der Waals surface area contributed by atoms with Crippen molar-refractivity contribution in [2.45, 2.75) is 36.3 Å². The molecule has 1 aliphatic rings. The number of thiazole rings is 1. The molecule has 0 unspecified atom stereocenters. The molecule has 10 heteroatoms. The largest absolute Gasteiger partial charge is 0.573 e. The predicted octanol–water partition coefficient (Wildman–Crippen LogP) is 5.46. The average molecular weight is 483 g/mol. The molecule has 1 fully saturated rings. The number of piperidine rings is 1. The van der Waals surface area contributed by atoms with Crippen LogP contribution in [0.3, 0.4) is 0 Å². The molecule has 0 amide bonds. The molecule has 2 aromatic carbocycles. The number of aryl methyl sites for hydroxylation is 1. The molecular formula is C22H21F3N2O3S2. The van der Waals surface area contributed by atoms with E-state index in [1.165, 1.54) is 16.9 Å². The van der Waals surface area contributed by atoms with Gasteiger partial charge in [-0.3, -0.25) is 0 Å². The van der Waals surface area contributed by atoms with E-state index in [0.29, 0.717) is 25.9 Å². The van der Waals surface area contributed by atoms with Crippen LogP contribution in [0.25, 0.3) is 11.3 Å². The molecule has 1 aliphatic heterocycles. The van der Waals surface area contributed by atoms with E-state index in [-0.39, 0.29) is 4.90 Å². The van der Waals surface area contributed by atoms with Crippen molar-refractivity contribution in [1.29, 1.82) is 0 Å². The molecule has 0 aliphatic carbocycles. The fourth-order valence-electron chi connectivity index (χ4n) is 3.65. The first-order valence-corrected chi connectivity index (χ1v) is 12.4. The molecule has 4 rings (SSSR count). The highest BCUT2D eigenvalue weighted by Gasteiger charge is 2.33. The van der Waals surface area contributed by atoms with E-state index in [1.54, 1.807) is 0 Å². The lowest BCUT2D eigenvalue weighted by molar-refractivity contribution is -0.274. The van der Waals surface area contributed by atoms with Gasteiger partial charge in [-0.05, 0) is 44.0 Å². The Morgan fingerprint density at radius 1 is 1.03 bits per heavy atom. The molecule has 0 radical (unpaired) electrons. The zero-order valence-corrected chi connectivity index (χ0v) is 18.8. The molecule has 0 bridgehead atoms. The maximum Gasteiger partial charge on any atom is 0.573 e. The number of alkyl halides is 3. The zero-order chi connectivity index (χ0) is 22.9. The number of hydrogen-bond acceptors (Lipinski definition) is 6. The fourth-order valence-corrected chi connectivity index (χ4v) is 6.27. The summed E-state index contributed by atoms with van der Waals surface area (Å²) in [4.78, 5) is 6.79. The second kappa shape index (κ2) is 8.74. The number of halogens is 3. The maximum absolute atomic E-state index is 12.9. The van der Waals surface area contributed by atoms with Crippen LogP contribution in [-0.4, -0.2) is 38.1 Å². The van der Waals surface area contributed by atoms with Crippen LogP contribution in [0.4, 0.5) is 18.3 Å². The zero-order valence-electron chi connectivity index (χ0n) is 17.2. The Labute approximate surface area is 188 Å². The molecule has 3 aromatic rings. The summed E-state index contributed by atoms with van der Waals surface area (Å²) in [6.07, 6.45) is -3.98. The van der Waals surface area contributed by atoms with E-state index >= 15 is 0 Å². The van der Waals surface area contributed by atoms with Crippen LogP contribution in [-0.2, 0) is 9.84 Å². The second-order valence-corrected chi connectivity index (χ2v) is 10.7. The summed E-state index contributed by atoms with van der Waals surface area (Å²) in [6, 6.07) is 12.5. The second-order valence-electron chi connectivity index (χ2n) is 7.63. The first-order chi connectivity index (χ1) is 15.1. The van der Waals surface area contributed by atoms with Crippen LogP contribution < -0.4 is 9.64 Å². The van der Waals surface area contributed by atoms with Crippen LogP contribution in [0, 0.1) is 6.92 Å². The molecule has 1 aromatic heterocycles. The predicted molar refractivity (Wildman–Crippen MR) is 118 cm³/mol. The third kappa shape index (κ3) is 5.07. The Bertz CT molecular complexity index is 1170. The first-order valence-electron chi connectivity index (χ1n) is 9.99. The maximum atomic E-state index is 12.9. The van der Waals surface area contributed by atoms with Gasteiger partial charge in [0.2, 0.25) is 0 Å². The van der Waals surface area contributed by atoms with Crippen molar-refractivity contribution in [3.63, 3.8) is 0 Å². The summed E-state index contributed by atoms with van der Waals surface area (Å²) in [5.74, 6) is -0.445. The lowest BCUT2D eigenvalue weighted by Crippen LogP contribution is -2.39. The Kier molecular flexibility index (Phi) is 6.17. The molecule has 170 valence electrons. The third-order valence-electron chi connectivity index (χ3n) is 5.38. The smallest absolute Gasteiger partial charge is 0.406 e. The monoisotopic (exact) mass is 482 g/mol. The summed E-state index contributed by atoms with van der Waals surface area (Å²) < 4.78 is 66.6. The van der Waals surface area contributed by atoms with Crippen LogP contribution in [0.5, 0.6) is 5.75 Å². The fraction of sp³-hybridized carbons (Fsp3) is 0.318. The molecule has 1 saturated heterocycles. The van der Waals surface area contributed by atoms with E-state index in [2.05, 4.69) is 9.64 Å². The normalized spacial score (nSPS) is 15.7. The number of nitrogens with zero attached hydrogens (tertiary/aromatic N) is 2. The number of hydrogen-bond donors (Lipinski definition) is 0. The summed E-state index contributed by atoms with van der Waals surface area (Å²) in [5.41, 5.74) is 3.10. The van der Waals surface area contributed by atoms with E-state index in [0.717, 1.165) is 40.7 Å². The van der Waals surface area contributed by atoms with E-state index in [1.807, 2.05) is 36.6 Å². The summed E-state index contributed by atoms with van der Waals surface area (Å²) in [5, 5.41) is 2.25. The van der Waals surface area contributed by atoms with Gasteiger partial charge in [-0.15, -0.1) is 24.5 Å². The SMILES string of the molecule is Cc1ccc(-c2csc(N3CCC(S(=O)(=O)c4ccc(OC(F)(F)F)cc4)CC3)n2)cc1. The highest BCUT2D eigenvalue weighted by atomic mass is 32.2. The highest BCUT2D eigenvalue weighted by molar-refractivity contribution is 7.92. The Hall–Kier alpha value is -2.59. The van der Waals surface area contributed by atoms with Crippen molar-refractivity contribution in [2.24, 2.45) is 0 Å². The molecule has 5 nitrogen and oxygen atoms in total. The van der Waals surface area contributed by atoms with Gasteiger partial charge >= 0.3 is 6.36 Å². The Balaban J connectivity index is 1.40. The van der Waals surface area contributed by atoms with Crippen LogP contribution in [0.1, 0.15) is 18.4 Å². The van der Waals surface area contributed by atoms with Crippen molar-refractivity contribution < 1.29 is 26.3 Å². The topological polar surface area (TPSA) is 59.5 Å². The van der Waals surface area contributed by atoms with Crippen LogP contribution >= 0.6 is 11.3 Å². The van der Waals surface area contributed by atoms with Crippen molar-refractivity contribution in [2.75, 3.05) is 18.0 Å². The van der Waals surface area contributed by atoms with Gasteiger partial charge in [0.25, 0.3) is 0 Å². The van der Waals surface area contributed by atoms with Gasteiger partial charge in [-0.1, -0.05) is 29.8 Å². The highest BCUT2D eigenvalue weighted by Crippen LogP contribution is 2.32. The third-order valence-corrected chi connectivity index (χ3v) is 8.56. The number of ether oxygens (including phenoxy) is 1. The molecule has 32 heavy (non-hydrogen) atoms. The summed E-state index contributed by atoms with van der Waals surface area (Å²) in [7, 11) is -3.65. The van der Waals surface area contributed by atoms with Gasteiger partial charge in [0, 0.05) is 24.0 Å². The minimum Gasteiger partial charge on any atom is -0.406 e. The van der Waals surface area contributed by atoms with Crippen molar-refractivity contribution >= 4 is 26.3 Å². The van der Waals surface area contributed by atoms with Gasteiger partial charge in [-0.2, -0.15) is 0 Å². The minimum atomic E-state index is -4.82. The number of rotatable bonds is 5. The molecular weight excluding hydrogens is 461 g/mol. The van der Waals surface area contributed by atoms with Gasteiger partial charge in [-0.25, -0.2) is 13.4 Å². The lowest BCUT2D eigenvalue weighted by Gasteiger charge is -2.31. The van der Waals surface area contributed by atoms with Crippen LogP contribution in [0.2, 0.25) is 0 Å². The van der Waals surface area contributed by atoms with Crippen LogP contribution in [0.15, 0.2) is 58.8 Å². The lowest BCUT2D eigenvalue weighted by atomic mass is 10.1. The molecule has 2 heterocycles. The van der Waals surface area contributed by atoms with Gasteiger partial charge in [0.1, 0.15) is 5.75 Å².